The van der Waals surface area contributed by atoms with Crippen LogP contribution in [0, 0.1) is 27.2 Å². The molecule has 1 N–H and O–H groups in total. The number of carbonyl (C=O) groups is 2. The lowest BCUT2D eigenvalue weighted by Crippen LogP contribution is -2.60. The average molecular weight is 449 g/mol. The van der Waals surface area contributed by atoms with E-state index in [-0.39, 0.29) is 30.5 Å². The van der Waals surface area contributed by atoms with E-state index in [1.54, 1.807) is 12.1 Å². The van der Waals surface area contributed by atoms with E-state index < -0.39 is 5.54 Å². The highest BCUT2D eigenvalue weighted by atomic mass is 127. The van der Waals surface area contributed by atoms with Crippen LogP contribution in [0.2, 0.25) is 0 Å². The van der Waals surface area contributed by atoms with Crippen LogP contribution in [0.1, 0.15) is 16.8 Å². The molecule has 2 amide bonds. The lowest BCUT2D eigenvalue weighted by atomic mass is 9.68. The minimum absolute atomic E-state index is 0.0210. The van der Waals surface area contributed by atoms with Gasteiger partial charge in [0.05, 0.1) is 6.04 Å². The topological polar surface area (TPSA) is 61.7 Å². The summed E-state index contributed by atoms with van der Waals surface area (Å²) >= 11 is 2.19. The van der Waals surface area contributed by atoms with Crippen molar-refractivity contribution in [2.75, 3.05) is 6.73 Å². The van der Waals surface area contributed by atoms with E-state index in [9.17, 15) is 9.59 Å². The Kier molecular flexibility index (Phi) is 2.72. The highest BCUT2D eigenvalue weighted by Gasteiger charge is 2.85. The van der Waals surface area contributed by atoms with Gasteiger partial charge in [-0.15, -0.1) is 0 Å². The molecule has 25 heavy (non-hydrogen) atoms. The van der Waals surface area contributed by atoms with Crippen LogP contribution >= 0.6 is 22.6 Å². The SMILES string of the molecule is O=C(NN1CON2[C@H]3C4C=CC([C@@H]5C[C@@H]45)[C@@]32C1=O)c1ccc(I)cc1. The van der Waals surface area contributed by atoms with Crippen LogP contribution in [-0.4, -0.2) is 40.2 Å². The smallest absolute Gasteiger partial charge is 0.269 e. The first-order chi connectivity index (χ1) is 12.1. The third-order valence-corrected chi connectivity index (χ3v) is 7.24. The van der Waals surface area contributed by atoms with Crippen LogP contribution in [0.5, 0.6) is 0 Å². The predicted octanol–water partition coefficient (Wildman–Crippen LogP) is 1.54. The summed E-state index contributed by atoms with van der Waals surface area (Å²) in [6, 6.07) is 7.42. The Labute approximate surface area is 158 Å². The van der Waals surface area contributed by atoms with Gasteiger partial charge in [0.1, 0.15) is 0 Å². The number of carbonyl (C=O) groups excluding carboxylic acids is 2. The van der Waals surface area contributed by atoms with Gasteiger partial charge < -0.3 is 0 Å². The molecule has 4 fully saturated rings. The predicted molar refractivity (Wildman–Crippen MR) is 95.5 cm³/mol. The van der Waals surface area contributed by atoms with Crippen molar-refractivity contribution in [3.8, 4) is 0 Å². The molecular weight excluding hydrogens is 433 g/mol. The van der Waals surface area contributed by atoms with Gasteiger partial charge in [0.15, 0.2) is 12.3 Å². The Morgan fingerprint density at radius 1 is 1.24 bits per heavy atom. The van der Waals surface area contributed by atoms with E-state index in [0.717, 1.165) is 9.49 Å². The Balaban J connectivity index is 1.27. The minimum Gasteiger partial charge on any atom is -0.274 e. The summed E-state index contributed by atoms with van der Waals surface area (Å²) in [4.78, 5) is 31.6. The van der Waals surface area contributed by atoms with Gasteiger partial charge in [-0.25, -0.2) is 5.01 Å². The van der Waals surface area contributed by atoms with E-state index >= 15 is 0 Å². The molecule has 2 bridgehead atoms. The summed E-state index contributed by atoms with van der Waals surface area (Å²) in [5.74, 6) is 1.67. The van der Waals surface area contributed by atoms with Crippen LogP contribution in [0.15, 0.2) is 36.4 Å². The molecule has 7 rings (SSSR count). The molecule has 6 nitrogen and oxygen atoms in total. The summed E-state index contributed by atoms with van der Waals surface area (Å²) in [5, 5.41) is 3.27. The molecular formula is C18H16IN3O3. The molecule has 2 saturated heterocycles. The maximum absolute atomic E-state index is 13.3. The zero-order valence-corrected chi connectivity index (χ0v) is 15.4. The van der Waals surface area contributed by atoms with E-state index in [1.165, 1.54) is 11.4 Å². The molecule has 1 aromatic rings. The number of hydroxylamine groups is 2. The van der Waals surface area contributed by atoms with Crippen molar-refractivity contribution >= 4 is 34.4 Å². The van der Waals surface area contributed by atoms with Crippen molar-refractivity contribution in [3.63, 3.8) is 0 Å². The summed E-state index contributed by atoms with van der Waals surface area (Å²) in [6.07, 6.45) is 5.70. The Bertz CT molecular complexity index is 840. The molecule has 7 atom stereocenters. The number of rotatable bonds is 2. The number of halogens is 1. The standard InChI is InChI=1S/C18H16IN3O3/c19-10-3-1-9(2-4-10)16(23)20-21-8-25-22-15-11-5-6-14(13-7-12(11)13)18(15,22)17(21)24/h1-6,11-15H,7-8H2,(H,20,23)/t11?,12-,13+,14?,15-,18-,22?/m0/s1. The summed E-state index contributed by atoms with van der Waals surface area (Å²) in [7, 11) is 0. The maximum atomic E-state index is 13.3. The van der Waals surface area contributed by atoms with Crippen LogP contribution < -0.4 is 5.43 Å². The van der Waals surface area contributed by atoms with E-state index in [1.807, 2.05) is 17.2 Å². The van der Waals surface area contributed by atoms with Crippen molar-refractivity contribution < 1.29 is 14.4 Å². The molecule has 1 spiro atoms. The first kappa shape index (κ1) is 14.7. The van der Waals surface area contributed by atoms with Crippen molar-refractivity contribution in [2.45, 2.75) is 18.0 Å². The lowest BCUT2D eigenvalue weighted by Gasteiger charge is -2.38. The van der Waals surface area contributed by atoms with Gasteiger partial charge >= 0.3 is 0 Å². The fourth-order valence-corrected chi connectivity index (χ4v) is 5.71. The van der Waals surface area contributed by atoms with Gasteiger partial charge in [0, 0.05) is 21.0 Å². The second kappa shape index (κ2) is 4.63. The highest BCUT2D eigenvalue weighted by Crippen LogP contribution is 2.72. The van der Waals surface area contributed by atoms with Gasteiger partial charge in [0.25, 0.3) is 11.8 Å². The number of benzene rings is 1. The number of hydrazine groups is 1. The van der Waals surface area contributed by atoms with E-state index in [0.29, 0.717) is 17.4 Å². The van der Waals surface area contributed by atoms with E-state index in [4.69, 9.17) is 4.84 Å². The second-order valence-corrected chi connectivity index (χ2v) is 8.83. The third kappa shape index (κ3) is 1.71. The minimum atomic E-state index is -0.575. The fraction of sp³-hybridized carbons (Fsp3) is 0.444. The monoisotopic (exact) mass is 449 g/mol. The second-order valence-electron chi connectivity index (χ2n) is 7.59. The van der Waals surface area contributed by atoms with Crippen molar-refractivity contribution in [1.82, 2.24) is 15.5 Å². The largest absolute Gasteiger partial charge is 0.274 e. The molecule has 7 heteroatoms. The van der Waals surface area contributed by atoms with Crippen LogP contribution in [-0.2, 0) is 9.63 Å². The summed E-state index contributed by atoms with van der Waals surface area (Å²) in [6.45, 7) is 0.0714. The van der Waals surface area contributed by atoms with Crippen LogP contribution in [0.4, 0.5) is 0 Å². The maximum Gasteiger partial charge on any atom is 0.269 e. The zero-order valence-electron chi connectivity index (χ0n) is 13.3. The number of hydrogen-bond donors (Lipinski definition) is 1. The molecule has 6 aliphatic rings. The van der Waals surface area contributed by atoms with Crippen molar-refractivity contribution in [2.24, 2.45) is 23.7 Å². The molecule has 2 saturated carbocycles. The fourth-order valence-electron chi connectivity index (χ4n) is 5.35. The van der Waals surface area contributed by atoms with E-state index in [2.05, 4.69) is 40.2 Å². The highest BCUT2D eigenvalue weighted by molar-refractivity contribution is 14.1. The molecule has 2 heterocycles. The van der Waals surface area contributed by atoms with Crippen molar-refractivity contribution in [3.05, 3.63) is 45.6 Å². The molecule has 128 valence electrons. The van der Waals surface area contributed by atoms with Gasteiger partial charge in [-0.05, 0) is 65.1 Å². The van der Waals surface area contributed by atoms with Crippen LogP contribution in [0.3, 0.4) is 0 Å². The number of nitrogens with zero attached hydrogens (tertiary/aromatic N) is 2. The molecule has 2 aliphatic heterocycles. The number of nitrogens with one attached hydrogen (secondary N) is 1. The van der Waals surface area contributed by atoms with Gasteiger partial charge in [0.2, 0.25) is 0 Å². The van der Waals surface area contributed by atoms with Crippen LogP contribution in [0.25, 0.3) is 0 Å². The molecule has 0 radical (unpaired) electrons. The molecule has 1 aromatic carbocycles. The Hall–Kier alpha value is -1.45. The zero-order chi connectivity index (χ0) is 16.9. The first-order valence-electron chi connectivity index (χ1n) is 8.61. The summed E-state index contributed by atoms with van der Waals surface area (Å²) < 4.78 is 1.06. The Morgan fingerprint density at radius 2 is 2.04 bits per heavy atom. The molecule has 3 unspecified atom stereocenters. The third-order valence-electron chi connectivity index (χ3n) is 6.52. The normalized spacial score (nSPS) is 44.7. The van der Waals surface area contributed by atoms with Gasteiger partial charge in [-0.3, -0.25) is 19.9 Å². The lowest BCUT2D eigenvalue weighted by molar-refractivity contribution is -0.200. The first-order valence-corrected chi connectivity index (χ1v) is 9.69. The average Bonchev–Trinajstić information content (AvgIpc) is 3.50. The quantitative estimate of drug-likeness (QED) is 0.423. The molecule has 4 aliphatic carbocycles. The molecule has 0 aromatic heterocycles. The number of hydrogen-bond acceptors (Lipinski definition) is 4. The van der Waals surface area contributed by atoms with Gasteiger partial charge in [-0.2, -0.15) is 5.06 Å². The Morgan fingerprint density at radius 3 is 2.84 bits per heavy atom. The summed E-state index contributed by atoms with van der Waals surface area (Å²) in [5.41, 5.74) is 2.70. The van der Waals surface area contributed by atoms with Crippen molar-refractivity contribution in [1.29, 1.82) is 0 Å². The number of amides is 2. The van der Waals surface area contributed by atoms with Gasteiger partial charge in [-0.1, -0.05) is 12.2 Å².